The van der Waals surface area contributed by atoms with Crippen LogP contribution in [0.3, 0.4) is 0 Å². The minimum Gasteiger partial charge on any atom is -0.479 e. The SMILES string of the molecule is CCOC(=O)[C@H](CC)Oc1ccc2c(=O)c(Oc3cc(C)cc(C)c3C)coc2c1. The Kier molecular flexibility index (Phi) is 6.45. The predicted molar refractivity (Wildman–Crippen MR) is 115 cm³/mol. The van der Waals surface area contributed by atoms with Crippen LogP contribution in [0.25, 0.3) is 11.0 Å². The predicted octanol–water partition coefficient (Wildman–Crippen LogP) is 5.23. The summed E-state index contributed by atoms with van der Waals surface area (Å²) in [6.45, 7) is 9.79. The Balaban J connectivity index is 1.90. The van der Waals surface area contributed by atoms with Gasteiger partial charge in [0.2, 0.25) is 11.2 Å². The molecule has 6 heteroatoms. The van der Waals surface area contributed by atoms with Crippen LogP contribution in [-0.2, 0) is 9.53 Å². The van der Waals surface area contributed by atoms with Gasteiger partial charge < -0.3 is 18.6 Å². The quantitative estimate of drug-likeness (QED) is 0.497. The zero-order valence-corrected chi connectivity index (χ0v) is 17.9. The van der Waals surface area contributed by atoms with Gasteiger partial charge in [0.05, 0.1) is 12.0 Å². The number of carbonyl (C=O) groups is 1. The van der Waals surface area contributed by atoms with Crippen LogP contribution in [0.4, 0.5) is 0 Å². The highest BCUT2D eigenvalue weighted by Gasteiger charge is 2.20. The molecule has 0 spiro atoms. The molecule has 0 bridgehead atoms. The molecule has 3 aromatic rings. The van der Waals surface area contributed by atoms with Crippen LogP contribution in [0.1, 0.15) is 37.0 Å². The normalized spacial score (nSPS) is 11.9. The molecule has 0 radical (unpaired) electrons. The van der Waals surface area contributed by atoms with E-state index < -0.39 is 12.1 Å². The second kappa shape index (κ2) is 9.03. The van der Waals surface area contributed by atoms with Crippen LogP contribution >= 0.6 is 0 Å². The summed E-state index contributed by atoms with van der Waals surface area (Å²) in [6.07, 6.45) is 1.04. The van der Waals surface area contributed by atoms with Crippen molar-refractivity contribution in [3.05, 3.63) is 63.5 Å². The van der Waals surface area contributed by atoms with E-state index >= 15 is 0 Å². The third kappa shape index (κ3) is 4.48. The van der Waals surface area contributed by atoms with Crippen molar-refractivity contribution in [3.8, 4) is 17.2 Å². The first-order valence-corrected chi connectivity index (χ1v) is 9.98. The van der Waals surface area contributed by atoms with E-state index in [2.05, 4.69) is 6.07 Å². The molecule has 0 aliphatic rings. The van der Waals surface area contributed by atoms with E-state index in [-0.39, 0.29) is 17.8 Å². The fourth-order valence-corrected chi connectivity index (χ4v) is 3.16. The maximum Gasteiger partial charge on any atom is 0.347 e. The van der Waals surface area contributed by atoms with Crippen LogP contribution in [0, 0.1) is 20.8 Å². The number of esters is 1. The highest BCUT2D eigenvalue weighted by molar-refractivity contribution is 5.79. The highest BCUT2D eigenvalue weighted by Crippen LogP contribution is 2.29. The lowest BCUT2D eigenvalue weighted by atomic mass is 10.1. The molecule has 3 rings (SSSR count). The average Bonchev–Trinajstić information content (AvgIpc) is 2.71. The summed E-state index contributed by atoms with van der Waals surface area (Å²) in [4.78, 5) is 24.8. The number of hydrogen-bond donors (Lipinski definition) is 0. The van der Waals surface area contributed by atoms with Crippen molar-refractivity contribution in [2.45, 2.75) is 47.1 Å². The van der Waals surface area contributed by atoms with E-state index in [1.807, 2.05) is 33.8 Å². The minimum absolute atomic E-state index is 0.113. The zero-order chi connectivity index (χ0) is 21.8. The van der Waals surface area contributed by atoms with Gasteiger partial charge in [0, 0.05) is 6.07 Å². The van der Waals surface area contributed by atoms with E-state index in [0.717, 1.165) is 16.7 Å². The molecule has 158 valence electrons. The van der Waals surface area contributed by atoms with Gasteiger partial charge in [-0.05, 0) is 69.0 Å². The van der Waals surface area contributed by atoms with Crippen molar-refractivity contribution in [2.75, 3.05) is 6.61 Å². The van der Waals surface area contributed by atoms with Crippen molar-refractivity contribution >= 4 is 16.9 Å². The van der Waals surface area contributed by atoms with E-state index in [9.17, 15) is 9.59 Å². The van der Waals surface area contributed by atoms with Crippen molar-refractivity contribution in [1.29, 1.82) is 0 Å². The third-order valence-corrected chi connectivity index (χ3v) is 4.90. The molecule has 0 N–H and O–H groups in total. The molecule has 0 aliphatic carbocycles. The molecule has 0 aliphatic heterocycles. The van der Waals surface area contributed by atoms with Crippen molar-refractivity contribution in [3.63, 3.8) is 0 Å². The van der Waals surface area contributed by atoms with E-state index in [0.29, 0.717) is 28.9 Å². The fraction of sp³-hybridized carbons (Fsp3) is 0.333. The first kappa shape index (κ1) is 21.4. The Morgan fingerprint density at radius 1 is 1.07 bits per heavy atom. The van der Waals surface area contributed by atoms with Crippen LogP contribution in [0.2, 0.25) is 0 Å². The van der Waals surface area contributed by atoms with Crippen LogP contribution < -0.4 is 14.9 Å². The van der Waals surface area contributed by atoms with E-state index in [1.165, 1.54) is 6.26 Å². The lowest BCUT2D eigenvalue weighted by Gasteiger charge is -2.16. The van der Waals surface area contributed by atoms with Gasteiger partial charge in [-0.1, -0.05) is 13.0 Å². The number of benzene rings is 2. The number of fused-ring (bicyclic) bond motifs is 1. The number of carbonyl (C=O) groups excluding carboxylic acids is 1. The zero-order valence-electron chi connectivity index (χ0n) is 17.9. The topological polar surface area (TPSA) is 75.0 Å². The van der Waals surface area contributed by atoms with Crippen molar-refractivity contribution in [2.24, 2.45) is 0 Å². The molecule has 0 saturated carbocycles. The summed E-state index contributed by atoms with van der Waals surface area (Å²) in [5.74, 6) is 0.736. The number of hydrogen-bond acceptors (Lipinski definition) is 6. The molecular weight excluding hydrogens is 384 g/mol. The average molecular weight is 410 g/mol. The molecule has 1 heterocycles. The maximum atomic E-state index is 12.9. The third-order valence-electron chi connectivity index (χ3n) is 4.90. The second-order valence-electron chi connectivity index (χ2n) is 7.16. The Hall–Kier alpha value is -3.28. The fourth-order valence-electron chi connectivity index (χ4n) is 3.16. The summed E-state index contributed by atoms with van der Waals surface area (Å²) in [5, 5.41) is 0.367. The summed E-state index contributed by atoms with van der Waals surface area (Å²) in [7, 11) is 0. The summed E-state index contributed by atoms with van der Waals surface area (Å²) in [5.41, 5.74) is 3.17. The Bertz CT molecular complexity index is 1130. The van der Waals surface area contributed by atoms with Gasteiger partial charge in [-0.15, -0.1) is 0 Å². The lowest BCUT2D eigenvalue weighted by molar-refractivity contribution is -0.151. The van der Waals surface area contributed by atoms with E-state index in [4.69, 9.17) is 18.6 Å². The maximum absolute atomic E-state index is 12.9. The molecule has 0 saturated heterocycles. The number of aryl methyl sites for hydroxylation is 2. The van der Waals surface area contributed by atoms with Crippen LogP contribution in [-0.4, -0.2) is 18.7 Å². The molecule has 0 unspecified atom stereocenters. The van der Waals surface area contributed by atoms with Gasteiger partial charge in [-0.25, -0.2) is 4.79 Å². The van der Waals surface area contributed by atoms with Crippen LogP contribution in [0.15, 0.2) is 45.8 Å². The molecule has 0 fully saturated rings. The molecule has 0 amide bonds. The number of ether oxygens (including phenoxy) is 3. The summed E-state index contributed by atoms with van der Waals surface area (Å²) >= 11 is 0. The summed E-state index contributed by atoms with van der Waals surface area (Å²) in [6, 6.07) is 8.78. The monoisotopic (exact) mass is 410 g/mol. The smallest absolute Gasteiger partial charge is 0.347 e. The molecule has 2 aromatic carbocycles. The van der Waals surface area contributed by atoms with Gasteiger partial charge >= 0.3 is 5.97 Å². The molecule has 1 aromatic heterocycles. The van der Waals surface area contributed by atoms with Gasteiger partial charge in [-0.2, -0.15) is 0 Å². The lowest BCUT2D eigenvalue weighted by Crippen LogP contribution is -2.28. The Labute approximate surface area is 175 Å². The molecule has 1 atom stereocenters. The largest absolute Gasteiger partial charge is 0.479 e. The number of rotatable bonds is 7. The van der Waals surface area contributed by atoms with Gasteiger partial charge in [0.1, 0.15) is 23.3 Å². The minimum atomic E-state index is -0.718. The molecule has 30 heavy (non-hydrogen) atoms. The van der Waals surface area contributed by atoms with E-state index in [1.54, 1.807) is 25.1 Å². The van der Waals surface area contributed by atoms with Crippen molar-refractivity contribution < 1.29 is 23.4 Å². The highest BCUT2D eigenvalue weighted by atomic mass is 16.6. The van der Waals surface area contributed by atoms with Gasteiger partial charge in [0.25, 0.3) is 0 Å². The molecular formula is C24H26O6. The first-order valence-electron chi connectivity index (χ1n) is 9.98. The summed E-state index contributed by atoms with van der Waals surface area (Å²) < 4.78 is 22.3. The standard InChI is InChI=1S/C24H26O6/c1-6-19(24(26)27-7-2)29-17-8-9-18-21(12-17)28-13-22(23(18)25)30-20-11-14(3)10-15(4)16(20)5/h8-13,19H,6-7H2,1-5H3/t19-/m0/s1. The molecule has 6 nitrogen and oxygen atoms in total. The Morgan fingerprint density at radius 2 is 1.83 bits per heavy atom. The first-order chi connectivity index (χ1) is 14.3. The second-order valence-corrected chi connectivity index (χ2v) is 7.16. The Morgan fingerprint density at radius 3 is 2.53 bits per heavy atom. The van der Waals surface area contributed by atoms with Crippen molar-refractivity contribution in [1.82, 2.24) is 0 Å². The van der Waals surface area contributed by atoms with Gasteiger partial charge in [-0.3, -0.25) is 4.79 Å². The van der Waals surface area contributed by atoms with Gasteiger partial charge in [0.15, 0.2) is 6.10 Å². The van der Waals surface area contributed by atoms with Crippen LogP contribution in [0.5, 0.6) is 17.2 Å².